The average Bonchev–Trinajstić information content (AvgIpc) is 2.62. The molecule has 0 aliphatic rings. The predicted octanol–water partition coefficient (Wildman–Crippen LogP) is 2.41. The van der Waals surface area contributed by atoms with Crippen molar-refractivity contribution in [2.75, 3.05) is 21.3 Å². The fourth-order valence-corrected chi connectivity index (χ4v) is 2.08. The number of methoxy groups -OCH3 is 3. The summed E-state index contributed by atoms with van der Waals surface area (Å²) >= 11 is 0. The van der Waals surface area contributed by atoms with E-state index in [0.717, 1.165) is 11.3 Å². The Bertz CT molecular complexity index is 711. The zero-order valence-corrected chi connectivity index (χ0v) is 13.9. The molecular weight excluding hydrogens is 308 g/mol. The number of benzene rings is 2. The van der Waals surface area contributed by atoms with Gasteiger partial charge in [0.05, 0.1) is 34.0 Å². The molecule has 126 valence electrons. The molecule has 1 N–H and O–H groups in total. The minimum absolute atomic E-state index is 0.210. The van der Waals surface area contributed by atoms with Crippen molar-refractivity contribution >= 4 is 12.1 Å². The van der Waals surface area contributed by atoms with Gasteiger partial charge in [-0.3, -0.25) is 4.79 Å². The van der Waals surface area contributed by atoms with Crippen LogP contribution in [-0.2, 0) is 11.2 Å². The number of ether oxygens (including phenoxy) is 3. The third-order valence-corrected chi connectivity index (χ3v) is 3.35. The Hall–Kier alpha value is -3.02. The topological polar surface area (TPSA) is 69.2 Å². The van der Waals surface area contributed by atoms with E-state index in [0.29, 0.717) is 17.1 Å². The van der Waals surface area contributed by atoms with Crippen LogP contribution in [0.25, 0.3) is 0 Å². The third-order valence-electron chi connectivity index (χ3n) is 3.35. The highest BCUT2D eigenvalue weighted by Gasteiger charge is 2.04. The molecule has 2 aromatic carbocycles. The molecule has 6 nitrogen and oxygen atoms in total. The lowest BCUT2D eigenvalue weighted by molar-refractivity contribution is -0.120. The Labute approximate surface area is 141 Å². The van der Waals surface area contributed by atoms with E-state index in [1.807, 2.05) is 24.3 Å². The second-order valence-electron chi connectivity index (χ2n) is 4.93. The van der Waals surface area contributed by atoms with Crippen LogP contribution in [0.2, 0.25) is 0 Å². The molecular formula is C18H20N2O4. The van der Waals surface area contributed by atoms with Gasteiger partial charge in [0.15, 0.2) is 0 Å². The second-order valence-corrected chi connectivity index (χ2v) is 4.93. The molecule has 0 atom stereocenters. The van der Waals surface area contributed by atoms with Crippen molar-refractivity contribution in [1.82, 2.24) is 5.43 Å². The number of carbonyl (C=O) groups excluding carboxylic acids is 1. The molecule has 0 saturated carbocycles. The third kappa shape index (κ3) is 4.74. The molecule has 0 spiro atoms. The fourth-order valence-electron chi connectivity index (χ4n) is 2.08. The maximum absolute atomic E-state index is 11.9. The zero-order valence-electron chi connectivity index (χ0n) is 13.9. The van der Waals surface area contributed by atoms with Crippen molar-refractivity contribution in [3.05, 3.63) is 53.6 Å². The highest BCUT2D eigenvalue weighted by molar-refractivity contribution is 5.86. The SMILES string of the molecule is COc1ccc(CC(=O)N/N=C/c2cc(OC)ccc2OC)cc1. The van der Waals surface area contributed by atoms with Crippen LogP contribution in [-0.4, -0.2) is 33.5 Å². The number of nitrogens with one attached hydrogen (secondary N) is 1. The van der Waals surface area contributed by atoms with Gasteiger partial charge in [-0.25, -0.2) is 5.43 Å². The minimum Gasteiger partial charge on any atom is -0.497 e. The van der Waals surface area contributed by atoms with Crippen molar-refractivity contribution in [3.63, 3.8) is 0 Å². The van der Waals surface area contributed by atoms with Gasteiger partial charge < -0.3 is 14.2 Å². The van der Waals surface area contributed by atoms with E-state index >= 15 is 0 Å². The molecule has 0 saturated heterocycles. The highest BCUT2D eigenvalue weighted by Crippen LogP contribution is 2.22. The van der Waals surface area contributed by atoms with Crippen LogP contribution < -0.4 is 19.6 Å². The Kier molecular flexibility index (Phi) is 6.19. The lowest BCUT2D eigenvalue weighted by Gasteiger charge is -2.07. The first-order chi connectivity index (χ1) is 11.7. The maximum Gasteiger partial charge on any atom is 0.244 e. The Morgan fingerprint density at radius 1 is 1.00 bits per heavy atom. The van der Waals surface area contributed by atoms with E-state index in [-0.39, 0.29) is 12.3 Å². The van der Waals surface area contributed by atoms with E-state index in [4.69, 9.17) is 14.2 Å². The number of carbonyl (C=O) groups is 1. The van der Waals surface area contributed by atoms with Crippen LogP contribution in [0.4, 0.5) is 0 Å². The van der Waals surface area contributed by atoms with E-state index in [1.54, 1.807) is 39.5 Å². The molecule has 0 aliphatic carbocycles. The molecule has 24 heavy (non-hydrogen) atoms. The normalized spacial score (nSPS) is 10.5. The molecule has 0 fully saturated rings. The van der Waals surface area contributed by atoms with Crippen LogP contribution >= 0.6 is 0 Å². The Morgan fingerprint density at radius 2 is 1.67 bits per heavy atom. The molecule has 0 radical (unpaired) electrons. The summed E-state index contributed by atoms with van der Waals surface area (Å²) in [7, 11) is 4.75. The number of nitrogens with zero attached hydrogens (tertiary/aromatic N) is 1. The van der Waals surface area contributed by atoms with Crippen molar-refractivity contribution in [1.29, 1.82) is 0 Å². The first-order valence-corrected chi connectivity index (χ1v) is 7.33. The standard InChI is InChI=1S/C18H20N2O4/c1-22-15-6-4-13(5-7-15)10-18(21)20-19-12-14-11-16(23-2)8-9-17(14)24-3/h4-9,11-12H,10H2,1-3H3,(H,20,21)/b19-12+. The molecule has 2 rings (SSSR count). The van der Waals surface area contributed by atoms with Crippen LogP contribution in [0.3, 0.4) is 0 Å². The number of hydrogen-bond acceptors (Lipinski definition) is 5. The monoisotopic (exact) mass is 328 g/mol. The number of hydrogen-bond donors (Lipinski definition) is 1. The largest absolute Gasteiger partial charge is 0.497 e. The number of rotatable bonds is 7. The number of amides is 1. The van der Waals surface area contributed by atoms with E-state index < -0.39 is 0 Å². The lowest BCUT2D eigenvalue weighted by Crippen LogP contribution is -2.19. The first-order valence-electron chi connectivity index (χ1n) is 7.33. The van der Waals surface area contributed by atoms with Crippen LogP contribution in [0.5, 0.6) is 17.2 Å². The summed E-state index contributed by atoms with van der Waals surface area (Å²) in [5.74, 6) is 1.87. The van der Waals surface area contributed by atoms with Gasteiger partial charge in [0.2, 0.25) is 5.91 Å². The van der Waals surface area contributed by atoms with Gasteiger partial charge in [0, 0.05) is 5.56 Å². The van der Waals surface area contributed by atoms with Gasteiger partial charge in [-0.15, -0.1) is 0 Å². The molecule has 0 aromatic heterocycles. The zero-order chi connectivity index (χ0) is 17.4. The highest BCUT2D eigenvalue weighted by atomic mass is 16.5. The second kappa shape index (κ2) is 8.57. The summed E-state index contributed by atoms with van der Waals surface area (Å²) in [5, 5.41) is 3.97. The molecule has 6 heteroatoms. The van der Waals surface area contributed by atoms with Gasteiger partial charge >= 0.3 is 0 Å². The van der Waals surface area contributed by atoms with E-state index in [2.05, 4.69) is 10.5 Å². The predicted molar refractivity (Wildman–Crippen MR) is 92.0 cm³/mol. The average molecular weight is 328 g/mol. The molecule has 0 bridgehead atoms. The summed E-state index contributed by atoms with van der Waals surface area (Å²) in [6.07, 6.45) is 1.75. The molecule has 2 aromatic rings. The van der Waals surface area contributed by atoms with Crippen molar-refractivity contribution in [2.45, 2.75) is 6.42 Å². The fraction of sp³-hybridized carbons (Fsp3) is 0.222. The van der Waals surface area contributed by atoms with Crippen molar-refractivity contribution in [2.24, 2.45) is 5.10 Å². The maximum atomic E-state index is 11.9. The van der Waals surface area contributed by atoms with Crippen molar-refractivity contribution in [3.8, 4) is 17.2 Å². The summed E-state index contributed by atoms with van der Waals surface area (Å²) in [6.45, 7) is 0. The van der Waals surface area contributed by atoms with Gasteiger partial charge in [-0.2, -0.15) is 5.10 Å². The van der Waals surface area contributed by atoms with Gasteiger partial charge in [-0.05, 0) is 35.9 Å². The summed E-state index contributed by atoms with van der Waals surface area (Å²) < 4.78 is 15.5. The van der Waals surface area contributed by atoms with E-state index in [1.165, 1.54) is 6.21 Å². The smallest absolute Gasteiger partial charge is 0.244 e. The first kappa shape index (κ1) is 17.3. The summed E-state index contributed by atoms with van der Waals surface area (Å²) in [4.78, 5) is 11.9. The Morgan fingerprint density at radius 3 is 2.29 bits per heavy atom. The van der Waals surface area contributed by atoms with E-state index in [9.17, 15) is 4.79 Å². The molecule has 1 amide bonds. The van der Waals surface area contributed by atoms with Gasteiger partial charge in [0.1, 0.15) is 17.2 Å². The lowest BCUT2D eigenvalue weighted by atomic mass is 10.1. The van der Waals surface area contributed by atoms with Crippen LogP contribution in [0.1, 0.15) is 11.1 Å². The van der Waals surface area contributed by atoms with Crippen LogP contribution in [0.15, 0.2) is 47.6 Å². The minimum atomic E-state index is -0.210. The summed E-state index contributed by atoms with van der Waals surface area (Å²) in [6, 6.07) is 12.6. The van der Waals surface area contributed by atoms with Crippen molar-refractivity contribution < 1.29 is 19.0 Å². The quantitative estimate of drug-likeness (QED) is 0.626. The van der Waals surface area contributed by atoms with Gasteiger partial charge in [-0.1, -0.05) is 12.1 Å². The molecule has 0 unspecified atom stereocenters. The molecule has 0 heterocycles. The van der Waals surface area contributed by atoms with Crippen LogP contribution in [0, 0.1) is 0 Å². The number of hydrazone groups is 1. The Balaban J connectivity index is 1.96. The van der Waals surface area contributed by atoms with Gasteiger partial charge in [0.25, 0.3) is 0 Å². The molecule has 0 aliphatic heterocycles. The summed E-state index contributed by atoms with van der Waals surface area (Å²) in [5.41, 5.74) is 4.09.